The first kappa shape index (κ1) is 22.6. The zero-order chi connectivity index (χ0) is 24.4. The number of nitrogens with zero attached hydrogens (tertiary/aromatic N) is 1. The third kappa shape index (κ3) is 4.61. The Morgan fingerprint density at radius 2 is 1.43 bits per heavy atom. The van der Waals surface area contributed by atoms with E-state index in [1.54, 1.807) is 18.2 Å². The molecule has 172 valence electrons. The number of pyridine rings is 1. The van der Waals surface area contributed by atoms with Crippen molar-refractivity contribution in [1.82, 2.24) is 4.57 Å². The van der Waals surface area contributed by atoms with Crippen LogP contribution in [0.5, 0.6) is 11.5 Å². The van der Waals surface area contributed by atoms with Gasteiger partial charge < -0.3 is 9.84 Å². The van der Waals surface area contributed by atoms with Crippen LogP contribution in [0.15, 0.2) is 112 Å². The molecule has 0 fully saturated rings. The number of rotatable bonds is 6. The SMILES string of the molecule is O=C(O)c1c(-c2ccccc2)c2cc(Br)ccc2c(=O)n1Cc1ccc(Oc2ccccc2)cc1. The van der Waals surface area contributed by atoms with Gasteiger partial charge in [0, 0.05) is 15.4 Å². The van der Waals surface area contributed by atoms with Gasteiger partial charge in [0.2, 0.25) is 0 Å². The minimum atomic E-state index is -1.16. The Morgan fingerprint density at radius 1 is 0.800 bits per heavy atom. The normalized spacial score (nSPS) is 10.9. The number of hydrogen-bond donors (Lipinski definition) is 1. The van der Waals surface area contributed by atoms with Crippen LogP contribution >= 0.6 is 15.9 Å². The predicted octanol–water partition coefficient (Wildman–Crippen LogP) is 6.97. The lowest BCUT2D eigenvalue weighted by molar-refractivity contribution is 0.0685. The molecule has 0 unspecified atom stereocenters. The Labute approximate surface area is 210 Å². The number of hydrogen-bond acceptors (Lipinski definition) is 3. The number of halogens is 1. The Kier molecular flexibility index (Phi) is 6.21. The fourth-order valence-electron chi connectivity index (χ4n) is 4.16. The van der Waals surface area contributed by atoms with Gasteiger partial charge in [-0.1, -0.05) is 76.6 Å². The van der Waals surface area contributed by atoms with E-state index in [4.69, 9.17) is 4.74 Å². The van der Waals surface area contributed by atoms with E-state index >= 15 is 0 Å². The van der Waals surface area contributed by atoms with E-state index in [0.717, 1.165) is 21.3 Å². The van der Waals surface area contributed by atoms with E-state index < -0.39 is 5.97 Å². The second-order valence-electron chi connectivity index (χ2n) is 8.04. The number of aromatic nitrogens is 1. The Morgan fingerprint density at radius 3 is 2.09 bits per heavy atom. The van der Waals surface area contributed by atoms with Crippen LogP contribution < -0.4 is 10.3 Å². The molecule has 0 aliphatic rings. The van der Waals surface area contributed by atoms with Gasteiger partial charge >= 0.3 is 5.97 Å². The summed E-state index contributed by atoms with van der Waals surface area (Å²) in [6.45, 7) is 0.109. The summed E-state index contributed by atoms with van der Waals surface area (Å²) in [6.07, 6.45) is 0. The summed E-state index contributed by atoms with van der Waals surface area (Å²) in [4.78, 5) is 26.1. The minimum Gasteiger partial charge on any atom is -0.477 e. The van der Waals surface area contributed by atoms with Gasteiger partial charge in [-0.3, -0.25) is 9.36 Å². The van der Waals surface area contributed by atoms with Crippen molar-refractivity contribution in [1.29, 1.82) is 0 Å². The Bertz CT molecular complexity index is 1580. The van der Waals surface area contributed by atoms with Crippen LogP contribution in [0.25, 0.3) is 21.9 Å². The topological polar surface area (TPSA) is 68.5 Å². The van der Waals surface area contributed by atoms with E-state index in [1.165, 1.54) is 4.57 Å². The molecule has 0 spiro atoms. The standard InChI is InChI=1S/C29H20BrNO4/c30-21-13-16-24-25(17-21)26(20-7-3-1-4-8-20)27(29(33)34)31(28(24)32)18-19-11-14-23(15-12-19)35-22-9-5-2-6-10-22/h1-17H,18H2,(H,33,34). The smallest absolute Gasteiger partial charge is 0.353 e. The third-order valence-corrected chi connectivity index (χ3v) is 6.23. The van der Waals surface area contributed by atoms with Crippen LogP contribution in [-0.2, 0) is 6.54 Å². The monoisotopic (exact) mass is 525 g/mol. The molecule has 35 heavy (non-hydrogen) atoms. The van der Waals surface area contributed by atoms with E-state index in [2.05, 4.69) is 15.9 Å². The molecule has 0 atom stereocenters. The maximum Gasteiger partial charge on any atom is 0.353 e. The van der Waals surface area contributed by atoms with Crippen molar-refractivity contribution in [3.63, 3.8) is 0 Å². The number of carbonyl (C=O) groups is 1. The summed E-state index contributed by atoms with van der Waals surface area (Å²) in [5.41, 5.74) is 1.63. The van der Waals surface area contributed by atoms with Gasteiger partial charge in [-0.2, -0.15) is 0 Å². The molecule has 1 aromatic heterocycles. The first-order valence-electron chi connectivity index (χ1n) is 11.0. The van der Waals surface area contributed by atoms with Crippen molar-refractivity contribution in [2.24, 2.45) is 0 Å². The van der Waals surface area contributed by atoms with Crippen molar-refractivity contribution in [3.8, 4) is 22.6 Å². The van der Waals surface area contributed by atoms with Gasteiger partial charge in [-0.25, -0.2) is 4.79 Å². The van der Waals surface area contributed by atoms with Gasteiger partial charge in [-0.15, -0.1) is 0 Å². The summed E-state index contributed by atoms with van der Waals surface area (Å²) in [5.74, 6) is 0.212. The molecule has 0 saturated heterocycles. The van der Waals surface area contributed by atoms with Gasteiger partial charge in [0.1, 0.15) is 17.2 Å². The van der Waals surface area contributed by atoms with Gasteiger partial charge in [0.05, 0.1) is 6.54 Å². The lowest BCUT2D eigenvalue weighted by atomic mass is 9.96. The molecular formula is C29H20BrNO4. The number of benzene rings is 4. The lowest BCUT2D eigenvalue weighted by Crippen LogP contribution is -2.28. The average molecular weight is 526 g/mol. The molecule has 1 N–H and O–H groups in total. The number of aromatic carboxylic acids is 1. The van der Waals surface area contributed by atoms with Crippen molar-refractivity contribution in [2.45, 2.75) is 6.54 Å². The van der Waals surface area contributed by atoms with Crippen LogP contribution in [0.3, 0.4) is 0 Å². The number of fused-ring (bicyclic) bond motifs is 1. The largest absolute Gasteiger partial charge is 0.477 e. The summed E-state index contributed by atoms with van der Waals surface area (Å²) in [5, 5.41) is 11.3. The maximum atomic E-state index is 13.5. The molecule has 0 radical (unpaired) electrons. The lowest BCUT2D eigenvalue weighted by Gasteiger charge is -2.18. The Hall–Kier alpha value is -4.16. The fraction of sp³-hybridized carbons (Fsp3) is 0.0345. The molecule has 0 amide bonds. The zero-order valence-electron chi connectivity index (χ0n) is 18.5. The van der Waals surface area contributed by atoms with Crippen LogP contribution in [-0.4, -0.2) is 15.6 Å². The predicted molar refractivity (Wildman–Crippen MR) is 140 cm³/mol. The third-order valence-electron chi connectivity index (χ3n) is 5.74. The molecule has 0 aliphatic carbocycles. The highest BCUT2D eigenvalue weighted by atomic mass is 79.9. The van der Waals surface area contributed by atoms with E-state index in [9.17, 15) is 14.7 Å². The average Bonchev–Trinajstić information content (AvgIpc) is 2.87. The molecule has 1 heterocycles. The van der Waals surface area contributed by atoms with Gasteiger partial charge in [0.25, 0.3) is 5.56 Å². The highest BCUT2D eigenvalue weighted by Gasteiger charge is 2.23. The summed E-state index contributed by atoms with van der Waals surface area (Å²) < 4.78 is 7.96. The molecule has 0 bridgehead atoms. The molecular weight excluding hydrogens is 506 g/mol. The van der Waals surface area contributed by atoms with Crippen LogP contribution in [0.1, 0.15) is 16.1 Å². The van der Waals surface area contributed by atoms with Crippen LogP contribution in [0.2, 0.25) is 0 Å². The number of para-hydroxylation sites is 1. The zero-order valence-corrected chi connectivity index (χ0v) is 20.1. The Balaban J connectivity index is 1.63. The number of carboxylic acid groups (broad SMARTS) is 1. The van der Waals surface area contributed by atoms with Gasteiger partial charge in [-0.05, 0) is 59.0 Å². The maximum absolute atomic E-state index is 13.5. The quantitative estimate of drug-likeness (QED) is 0.260. The highest BCUT2D eigenvalue weighted by molar-refractivity contribution is 9.10. The van der Waals surface area contributed by atoms with Crippen LogP contribution in [0, 0.1) is 0 Å². The highest BCUT2D eigenvalue weighted by Crippen LogP contribution is 2.33. The molecule has 0 saturated carbocycles. The molecule has 5 rings (SSSR count). The molecule has 0 aliphatic heterocycles. The number of ether oxygens (including phenoxy) is 1. The molecule has 6 heteroatoms. The number of carboxylic acids is 1. The van der Waals surface area contributed by atoms with E-state index in [1.807, 2.05) is 84.9 Å². The van der Waals surface area contributed by atoms with Crippen molar-refractivity contribution < 1.29 is 14.6 Å². The second-order valence-corrected chi connectivity index (χ2v) is 8.95. The van der Waals surface area contributed by atoms with E-state index in [-0.39, 0.29) is 17.8 Å². The summed E-state index contributed by atoms with van der Waals surface area (Å²) >= 11 is 3.46. The van der Waals surface area contributed by atoms with Crippen molar-refractivity contribution in [3.05, 3.63) is 129 Å². The fourth-order valence-corrected chi connectivity index (χ4v) is 4.52. The minimum absolute atomic E-state index is 0.0450. The van der Waals surface area contributed by atoms with Gasteiger partial charge in [0.15, 0.2) is 0 Å². The first-order valence-corrected chi connectivity index (χ1v) is 11.8. The van der Waals surface area contributed by atoms with Crippen molar-refractivity contribution in [2.75, 3.05) is 0 Å². The molecule has 4 aromatic carbocycles. The first-order chi connectivity index (χ1) is 17.0. The van der Waals surface area contributed by atoms with Crippen molar-refractivity contribution >= 4 is 32.7 Å². The summed E-state index contributed by atoms with van der Waals surface area (Å²) in [6, 6.07) is 31.3. The van der Waals surface area contributed by atoms with E-state index in [0.29, 0.717) is 22.1 Å². The van der Waals surface area contributed by atoms with Crippen LogP contribution in [0.4, 0.5) is 0 Å². The summed E-state index contributed by atoms with van der Waals surface area (Å²) in [7, 11) is 0. The molecule has 5 nitrogen and oxygen atoms in total. The second kappa shape index (κ2) is 9.60. The molecule has 5 aromatic rings.